The van der Waals surface area contributed by atoms with Gasteiger partial charge >= 0.3 is 0 Å². The number of guanidine groups is 1. The highest BCUT2D eigenvalue weighted by Gasteiger charge is 2.03. The lowest BCUT2D eigenvalue weighted by atomic mass is 10.3. The summed E-state index contributed by atoms with van der Waals surface area (Å²) in [6, 6.07) is 3.42. The summed E-state index contributed by atoms with van der Waals surface area (Å²) >= 11 is 0. The number of nitrogens with two attached hydrogens (primary N) is 1. The van der Waals surface area contributed by atoms with Crippen molar-refractivity contribution in [3.8, 4) is 0 Å². The number of rotatable bonds is 6. The van der Waals surface area contributed by atoms with E-state index < -0.39 is 0 Å². The van der Waals surface area contributed by atoms with Crippen molar-refractivity contribution < 1.29 is 4.79 Å². The van der Waals surface area contributed by atoms with Gasteiger partial charge in [0.1, 0.15) is 0 Å². The Morgan fingerprint density at radius 3 is 2.84 bits per heavy atom. The van der Waals surface area contributed by atoms with Gasteiger partial charge in [0.2, 0.25) is 0 Å². The fourth-order valence-electron chi connectivity index (χ4n) is 1.24. The SMILES string of the molecule is C=C(C)CN=C(N)NCCNC(=O)c1cccnc1. The molecule has 19 heavy (non-hydrogen) atoms. The minimum Gasteiger partial charge on any atom is -0.370 e. The van der Waals surface area contributed by atoms with Crippen LogP contribution in [0.15, 0.2) is 41.7 Å². The van der Waals surface area contributed by atoms with Crippen LogP contribution in [0.4, 0.5) is 0 Å². The minimum absolute atomic E-state index is 0.160. The summed E-state index contributed by atoms with van der Waals surface area (Å²) in [5, 5.41) is 5.65. The second-order valence-corrected chi connectivity index (χ2v) is 4.08. The second-order valence-electron chi connectivity index (χ2n) is 4.08. The molecule has 4 N–H and O–H groups in total. The van der Waals surface area contributed by atoms with Crippen LogP contribution >= 0.6 is 0 Å². The number of hydrogen-bond donors (Lipinski definition) is 3. The lowest BCUT2D eigenvalue weighted by Gasteiger charge is -2.07. The fourth-order valence-corrected chi connectivity index (χ4v) is 1.24. The Kier molecular flexibility index (Phi) is 6.08. The van der Waals surface area contributed by atoms with Gasteiger partial charge in [-0.05, 0) is 19.1 Å². The smallest absolute Gasteiger partial charge is 0.252 e. The number of carbonyl (C=O) groups is 1. The third-order valence-corrected chi connectivity index (χ3v) is 2.16. The lowest BCUT2D eigenvalue weighted by molar-refractivity contribution is 0.0954. The van der Waals surface area contributed by atoms with Crippen molar-refractivity contribution in [1.29, 1.82) is 0 Å². The van der Waals surface area contributed by atoms with Gasteiger partial charge < -0.3 is 16.4 Å². The van der Waals surface area contributed by atoms with Gasteiger partial charge in [0.15, 0.2) is 5.96 Å². The van der Waals surface area contributed by atoms with Crippen molar-refractivity contribution in [3.05, 3.63) is 42.2 Å². The fraction of sp³-hybridized carbons (Fsp3) is 0.308. The first-order valence-corrected chi connectivity index (χ1v) is 5.96. The monoisotopic (exact) mass is 261 g/mol. The van der Waals surface area contributed by atoms with E-state index in [-0.39, 0.29) is 5.91 Å². The van der Waals surface area contributed by atoms with E-state index >= 15 is 0 Å². The van der Waals surface area contributed by atoms with Gasteiger partial charge in [-0.1, -0.05) is 12.2 Å². The molecule has 1 aromatic rings. The second kappa shape index (κ2) is 7.86. The normalized spacial score (nSPS) is 10.9. The van der Waals surface area contributed by atoms with Crippen molar-refractivity contribution in [2.45, 2.75) is 6.92 Å². The minimum atomic E-state index is -0.160. The highest BCUT2D eigenvalue weighted by Crippen LogP contribution is 1.94. The molecule has 0 unspecified atom stereocenters. The zero-order valence-corrected chi connectivity index (χ0v) is 11.0. The van der Waals surface area contributed by atoms with Crippen LogP contribution in [0.5, 0.6) is 0 Å². The summed E-state index contributed by atoms with van der Waals surface area (Å²) in [6.45, 7) is 7.07. The van der Waals surface area contributed by atoms with Crippen LogP contribution in [-0.4, -0.2) is 36.5 Å². The number of nitrogens with one attached hydrogen (secondary N) is 2. The topological polar surface area (TPSA) is 92.4 Å². The zero-order chi connectivity index (χ0) is 14.1. The number of nitrogens with zero attached hydrogens (tertiary/aromatic N) is 2. The number of amides is 1. The Hall–Kier alpha value is -2.37. The molecule has 1 aromatic heterocycles. The van der Waals surface area contributed by atoms with E-state index in [0.717, 1.165) is 5.57 Å². The maximum atomic E-state index is 11.7. The molecule has 6 heteroatoms. The number of aromatic nitrogens is 1. The van der Waals surface area contributed by atoms with Crippen molar-refractivity contribution in [3.63, 3.8) is 0 Å². The molecule has 1 heterocycles. The zero-order valence-electron chi connectivity index (χ0n) is 11.0. The van der Waals surface area contributed by atoms with Gasteiger partial charge in [-0.15, -0.1) is 0 Å². The summed E-state index contributed by atoms with van der Waals surface area (Å²) in [5.41, 5.74) is 7.10. The molecule has 0 aliphatic heterocycles. The molecule has 0 fully saturated rings. The Labute approximate surface area is 112 Å². The third kappa shape index (κ3) is 6.21. The number of hydrogen-bond acceptors (Lipinski definition) is 3. The van der Waals surface area contributed by atoms with Gasteiger partial charge in [-0.3, -0.25) is 9.78 Å². The maximum absolute atomic E-state index is 11.7. The first-order valence-electron chi connectivity index (χ1n) is 5.96. The number of pyridine rings is 1. The van der Waals surface area contributed by atoms with Gasteiger partial charge in [0.05, 0.1) is 12.1 Å². The van der Waals surface area contributed by atoms with Crippen molar-refractivity contribution in [1.82, 2.24) is 15.6 Å². The van der Waals surface area contributed by atoms with Gasteiger partial charge in [-0.2, -0.15) is 0 Å². The first-order chi connectivity index (χ1) is 9.09. The molecule has 0 aliphatic carbocycles. The highest BCUT2D eigenvalue weighted by atomic mass is 16.1. The quantitative estimate of drug-likeness (QED) is 0.297. The molecule has 0 saturated heterocycles. The summed E-state index contributed by atoms with van der Waals surface area (Å²) in [7, 11) is 0. The number of carbonyl (C=O) groups excluding carboxylic acids is 1. The van der Waals surface area contributed by atoms with E-state index in [0.29, 0.717) is 31.2 Å². The Morgan fingerprint density at radius 2 is 2.21 bits per heavy atom. The lowest BCUT2D eigenvalue weighted by Crippen LogP contribution is -2.38. The largest absolute Gasteiger partial charge is 0.370 e. The van der Waals surface area contributed by atoms with Crippen molar-refractivity contribution >= 4 is 11.9 Å². The molecule has 0 spiro atoms. The Morgan fingerprint density at radius 1 is 1.47 bits per heavy atom. The van der Waals surface area contributed by atoms with Crippen molar-refractivity contribution in [2.24, 2.45) is 10.7 Å². The molecule has 1 rings (SSSR count). The molecular formula is C13H19N5O. The molecule has 0 aromatic carbocycles. The Bertz CT molecular complexity index is 455. The number of aliphatic imine (C=N–C) groups is 1. The van der Waals surface area contributed by atoms with Crippen LogP contribution in [0, 0.1) is 0 Å². The molecule has 1 amide bonds. The van der Waals surface area contributed by atoms with Crippen LogP contribution in [0.25, 0.3) is 0 Å². The summed E-state index contributed by atoms with van der Waals surface area (Å²) in [5.74, 6) is 0.186. The first kappa shape index (κ1) is 14.7. The van der Waals surface area contributed by atoms with Crippen LogP contribution in [0.1, 0.15) is 17.3 Å². The van der Waals surface area contributed by atoms with Crippen LogP contribution < -0.4 is 16.4 Å². The summed E-state index contributed by atoms with van der Waals surface area (Å²) in [4.78, 5) is 19.6. The summed E-state index contributed by atoms with van der Waals surface area (Å²) in [6.07, 6.45) is 3.14. The summed E-state index contributed by atoms with van der Waals surface area (Å²) < 4.78 is 0. The van der Waals surface area contributed by atoms with Gasteiger partial charge in [-0.25, -0.2) is 4.99 Å². The standard InChI is InChI=1S/C13H19N5O/c1-10(2)8-18-13(14)17-7-6-16-12(19)11-4-3-5-15-9-11/h3-5,9H,1,6-8H2,2H3,(H,16,19)(H3,14,17,18). The van der Waals surface area contributed by atoms with Crippen molar-refractivity contribution in [2.75, 3.05) is 19.6 Å². The predicted molar refractivity (Wildman–Crippen MR) is 75.9 cm³/mol. The average molecular weight is 261 g/mol. The molecule has 0 radical (unpaired) electrons. The molecule has 6 nitrogen and oxygen atoms in total. The van der Waals surface area contributed by atoms with E-state index in [1.54, 1.807) is 18.3 Å². The van der Waals surface area contributed by atoms with Crippen LogP contribution in [0.3, 0.4) is 0 Å². The van der Waals surface area contributed by atoms with E-state index in [4.69, 9.17) is 5.73 Å². The predicted octanol–water partition coefficient (Wildman–Crippen LogP) is 0.292. The highest BCUT2D eigenvalue weighted by molar-refractivity contribution is 5.93. The van der Waals surface area contributed by atoms with Gasteiger partial charge in [0.25, 0.3) is 5.91 Å². The molecule has 0 aliphatic rings. The van der Waals surface area contributed by atoms with E-state index in [9.17, 15) is 4.79 Å². The molecular weight excluding hydrogens is 242 g/mol. The van der Waals surface area contributed by atoms with Crippen LogP contribution in [0.2, 0.25) is 0 Å². The molecule has 0 atom stereocenters. The molecule has 0 bridgehead atoms. The average Bonchev–Trinajstić information content (AvgIpc) is 2.42. The van der Waals surface area contributed by atoms with Gasteiger partial charge in [0, 0.05) is 25.5 Å². The van der Waals surface area contributed by atoms with E-state index in [2.05, 4.69) is 27.2 Å². The Balaban J connectivity index is 2.22. The maximum Gasteiger partial charge on any atom is 0.252 e. The van der Waals surface area contributed by atoms with Crippen LogP contribution in [-0.2, 0) is 0 Å². The van der Waals surface area contributed by atoms with E-state index in [1.165, 1.54) is 6.20 Å². The molecule has 102 valence electrons. The van der Waals surface area contributed by atoms with E-state index in [1.807, 2.05) is 6.92 Å². The molecule has 0 saturated carbocycles. The third-order valence-electron chi connectivity index (χ3n) is 2.16.